The molecule has 0 N–H and O–H groups in total. The van der Waals surface area contributed by atoms with Crippen molar-refractivity contribution in [3.63, 3.8) is 0 Å². The smallest absolute Gasteiger partial charge is 0.341 e. The van der Waals surface area contributed by atoms with Crippen molar-refractivity contribution in [2.24, 2.45) is 5.92 Å². The highest BCUT2D eigenvalue weighted by atomic mass is 19.1. The lowest BCUT2D eigenvalue weighted by Gasteiger charge is -2.30. The lowest BCUT2D eigenvalue weighted by molar-refractivity contribution is 0.000279. The predicted octanol–water partition coefficient (Wildman–Crippen LogP) is 3.95. The van der Waals surface area contributed by atoms with E-state index in [4.69, 9.17) is 4.74 Å². The molecule has 1 saturated carbocycles. The van der Waals surface area contributed by atoms with Crippen LogP contribution in [0.4, 0.5) is 4.39 Å². The molecule has 0 amide bonds. The first-order valence-electron chi connectivity index (χ1n) is 6.68. The van der Waals surface area contributed by atoms with E-state index in [1.165, 1.54) is 18.6 Å². The molecule has 1 aromatic rings. The normalized spacial score (nSPS) is 23.7. The first-order valence-corrected chi connectivity index (χ1v) is 6.68. The minimum absolute atomic E-state index is 0.0397. The van der Waals surface area contributed by atoms with Gasteiger partial charge in [0.1, 0.15) is 11.9 Å². The summed E-state index contributed by atoms with van der Waals surface area (Å²) < 4.78 is 19.0. The highest BCUT2D eigenvalue weighted by molar-refractivity contribution is 5.89. The van der Waals surface area contributed by atoms with Gasteiger partial charge in [-0.3, -0.25) is 0 Å². The van der Waals surface area contributed by atoms with Gasteiger partial charge >= 0.3 is 5.97 Å². The van der Waals surface area contributed by atoms with Crippen molar-refractivity contribution in [1.29, 1.82) is 0 Å². The average Bonchev–Trinajstić information content (AvgIpc) is 2.39. The van der Waals surface area contributed by atoms with Crippen LogP contribution in [0.2, 0.25) is 0 Å². The Morgan fingerprint density at radius 3 is 2.78 bits per heavy atom. The molecule has 0 spiro atoms. The molecule has 1 aliphatic rings. The molecule has 0 aromatic heterocycles. The lowest BCUT2D eigenvalue weighted by atomic mass is 9.85. The maximum atomic E-state index is 13.5. The average molecular weight is 250 g/mol. The van der Waals surface area contributed by atoms with Crippen molar-refractivity contribution in [3.05, 3.63) is 35.6 Å². The van der Waals surface area contributed by atoms with Gasteiger partial charge in [-0.2, -0.15) is 0 Å². The van der Waals surface area contributed by atoms with Gasteiger partial charge in [0, 0.05) is 0 Å². The molecule has 2 nitrogen and oxygen atoms in total. The van der Waals surface area contributed by atoms with Crippen molar-refractivity contribution in [2.75, 3.05) is 0 Å². The lowest BCUT2D eigenvalue weighted by Crippen LogP contribution is -2.30. The summed E-state index contributed by atoms with van der Waals surface area (Å²) in [7, 11) is 0. The Kier molecular flexibility index (Phi) is 4.34. The second-order valence-electron chi connectivity index (χ2n) is 4.88. The summed E-state index contributed by atoms with van der Waals surface area (Å²) in [6.07, 6.45) is 5.26. The zero-order chi connectivity index (χ0) is 13.0. The number of hydrogen-bond donors (Lipinski definition) is 0. The summed E-state index contributed by atoms with van der Waals surface area (Å²) in [5.41, 5.74) is 0.0397. The van der Waals surface area contributed by atoms with Crippen LogP contribution < -0.4 is 0 Å². The number of halogens is 1. The van der Waals surface area contributed by atoms with Crippen LogP contribution in [0.25, 0.3) is 0 Å². The molecular formula is C15H19FO2. The van der Waals surface area contributed by atoms with Gasteiger partial charge in [-0.15, -0.1) is 0 Å². The number of carbonyl (C=O) groups is 1. The zero-order valence-electron chi connectivity index (χ0n) is 10.7. The van der Waals surface area contributed by atoms with E-state index in [2.05, 4.69) is 6.92 Å². The first kappa shape index (κ1) is 13.1. The van der Waals surface area contributed by atoms with Crippen LogP contribution in [-0.4, -0.2) is 12.1 Å². The Bertz CT molecular complexity index is 417. The maximum absolute atomic E-state index is 13.5. The zero-order valence-corrected chi connectivity index (χ0v) is 10.7. The second kappa shape index (κ2) is 5.98. The fourth-order valence-corrected chi connectivity index (χ4v) is 2.62. The quantitative estimate of drug-likeness (QED) is 0.759. The molecule has 3 heteroatoms. The van der Waals surface area contributed by atoms with E-state index in [0.717, 1.165) is 25.7 Å². The Labute approximate surface area is 107 Å². The number of ether oxygens (including phenoxy) is 1. The Morgan fingerprint density at radius 1 is 1.33 bits per heavy atom. The molecular weight excluding hydrogens is 231 g/mol. The SMILES string of the molecule is CCC1CCCCC1OC(=O)c1ccccc1F. The maximum Gasteiger partial charge on any atom is 0.341 e. The van der Waals surface area contributed by atoms with Gasteiger partial charge in [0.25, 0.3) is 0 Å². The van der Waals surface area contributed by atoms with Crippen molar-refractivity contribution in [1.82, 2.24) is 0 Å². The number of benzene rings is 1. The molecule has 18 heavy (non-hydrogen) atoms. The van der Waals surface area contributed by atoms with Gasteiger partial charge in [-0.25, -0.2) is 9.18 Å². The van der Waals surface area contributed by atoms with Crippen LogP contribution in [0.15, 0.2) is 24.3 Å². The monoisotopic (exact) mass is 250 g/mol. The van der Waals surface area contributed by atoms with Crippen LogP contribution in [0.1, 0.15) is 49.4 Å². The van der Waals surface area contributed by atoms with Gasteiger partial charge < -0.3 is 4.74 Å². The van der Waals surface area contributed by atoms with Gasteiger partial charge in [-0.05, 0) is 43.7 Å². The molecule has 0 aliphatic heterocycles. The third-order valence-corrected chi connectivity index (χ3v) is 3.72. The van der Waals surface area contributed by atoms with E-state index in [-0.39, 0.29) is 11.7 Å². The largest absolute Gasteiger partial charge is 0.458 e. The van der Waals surface area contributed by atoms with Crippen LogP contribution in [0.5, 0.6) is 0 Å². The van der Waals surface area contributed by atoms with E-state index >= 15 is 0 Å². The molecule has 1 aromatic carbocycles. The Morgan fingerprint density at radius 2 is 2.06 bits per heavy atom. The summed E-state index contributed by atoms with van der Waals surface area (Å²) >= 11 is 0. The number of rotatable bonds is 3. The fourth-order valence-electron chi connectivity index (χ4n) is 2.62. The molecule has 2 atom stereocenters. The number of esters is 1. The van der Waals surface area contributed by atoms with E-state index < -0.39 is 11.8 Å². The minimum Gasteiger partial charge on any atom is -0.458 e. The second-order valence-corrected chi connectivity index (χ2v) is 4.88. The molecule has 2 rings (SSSR count). The molecule has 1 fully saturated rings. The summed E-state index contributed by atoms with van der Waals surface area (Å²) in [5.74, 6) is -0.612. The van der Waals surface area contributed by atoms with E-state index in [1.54, 1.807) is 12.1 Å². The Hall–Kier alpha value is -1.38. The highest BCUT2D eigenvalue weighted by Crippen LogP contribution is 2.29. The summed E-state index contributed by atoms with van der Waals surface area (Å²) in [5, 5.41) is 0. The van der Waals surface area contributed by atoms with Gasteiger partial charge in [0.15, 0.2) is 0 Å². The predicted molar refractivity (Wildman–Crippen MR) is 67.9 cm³/mol. The highest BCUT2D eigenvalue weighted by Gasteiger charge is 2.27. The van der Waals surface area contributed by atoms with Crippen molar-refractivity contribution in [2.45, 2.75) is 45.1 Å². The molecule has 1 aliphatic carbocycles. The summed E-state index contributed by atoms with van der Waals surface area (Å²) in [6, 6.07) is 5.98. The molecule has 2 unspecified atom stereocenters. The first-order chi connectivity index (χ1) is 8.72. The van der Waals surface area contributed by atoms with Crippen LogP contribution in [-0.2, 0) is 4.74 Å². The summed E-state index contributed by atoms with van der Waals surface area (Å²) in [4.78, 5) is 11.9. The van der Waals surface area contributed by atoms with Gasteiger partial charge in [0.2, 0.25) is 0 Å². The number of carbonyl (C=O) groups excluding carboxylic acids is 1. The van der Waals surface area contributed by atoms with Gasteiger partial charge in [-0.1, -0.05) is 25.5 Å². The third kappa shape index (κ3) is 2.89. The van der Waals surface area contributed by atoms with Crippen molar-refractivity contribution >= 4 is 5.97 Å². The third-order valence-electron chi connectivity index (χ3n) is 3.72. The standard InChI is InChI=1S/C15H19FO2/c1-2-11-7-3-6-10-14(11)18-15(17)12-8-4-5-9-13(12)16/h4-5,8-9,11,14H,2-3,6-7,10H2,1H3. The van der Waals surface area contributed by atoms with E-state index in [9.17, 15) is 9.18 Å². The molecule has 0 bridgehead atoms. The molecule has 0 radical (unpaired) electrons. The van der Waals surface area contributed by atoms with E-state index in [1.807, 2.05) is 0 Å². The fraction of sp³-hybridized carbons (Fsp3) is 0.533. The van der Waals surface area contributed by atoms with Gasteiger partial charge in [0.05, 0.1) is 5.56 Å². The molecule has 0 heterocycles. The van der Waals surface area contributed by atoms with Crippen LogP contribution in [0, 0.1) is 11.7 Å². The van der Waals surface area contributed by atoms with E-state index in [0.29, 0.717) is 5.92 Å². The minimum atomic E-state index is -0.529. The topological polar surface area (TPSA) is 26.3 Å². The number of hydrogen-bond acceptors (Lipinski definition) is 2. The van der Waals surface area contributed by atoms with Crippen molar-refractivity contribution in [3.8, 4) is 0 Å². The Balaban J connectivity index is 2.04. The molecule has 98 valence electrons. The van der Waals surface area contributed by atoms with Crippen LogP contribution >= 0.6 is 0 Å². The van der Waals surface area contributed by atoms with Crippen molar-refractivity contribution < 1.29 is 13.9 Å². The summed E-state index contributed by atoms with van der Waals surface area (Å²) in [6.45, 7) is 2.11. The molecule has 0 saturated heterocycles. The van der Waals surface area contributed by atoms with Crippen LogP contribution in [0.3, 0.4) is 0 Å².